The van der Waals surface area contributed by atoms with Gasteiger partial charge in [0.05, 0.1) is 11.3 Å². The third-order valence-corrected chi connectivity index (χ3v) is 6.64. The Kier molecular flexibility index (Phi) is 6.84. The van der Waals surface area contributed by atoms with Crippen LogP contribution in [0.4, 0.5) is 14.5 Å². The van der Waals surface area contributed by atoms with Gasteiger partial charge in [0.15, 0.2) is 5.69 Å². The van der Waals surface area contributed by atoms with E-state index in [1.807, 2.05) is 26.0 Å². The van der Waals surface area contributed by atoms with Crippen LogP contribution in [0.5, 0.6) is 5.88 Å². The summed E-state index contributed by atoms with van der Waals surface area (Å²) < 4.78 is 35.4. The molecule has 34 heavy (non-hydrogen) atoms. The first kappa shape index (κ1) is 24.1. The zero-order chi connectivity index (χ0) is 24.6. The molecule has 2 heterocycles. The van der Waals surface area contributed by atoms with Crippen LogP contribution in [0, 0.1) is 31.4 Å². The molecule has 4 rings (SSSR count). The molecule has 178 valence electrons. The predicted octanol–water partition coefficient (Wildman–Crippen LogP) is 6.02. The second kappa shape index (κ2) is 9.66. The van der Waals surface area contributed by atoms with E-state index in [9.17, 15) is 13.6 Å². The van der Waals surface area contributed by atoms with Gasteiger partial charge in [0.2, 0.25) is 23.2 Å². The van der Waals surface area contributed by atoms with E-state index < -0.39 is 17.9 Å². The molecule has 1 atom stereocenters. The van der Waals surface area contributed by atoms with Gasteiger partial charge in [-0.05, 0) is 49.6 Å². The number of carbonyl (C=O) groups excluding carboxylic acids is 1. The highest BCUT2D eigenvalue weighted by Gasteiger charge is 2.38. The SMILES string of the molecule is CCC(=O)N1c2c(C)cc(C)cc2-c2nnc(SCC(C)C)nc2O[C@H]1c1cc(F)ccc1F. The van der Waals surface area contributed by atoms with E-state index in [1.54, 1.807) is 6.92 Å². The van der Waals surface area contributed by atoms with Crippen molar-refractivity contribution in [2.45, 2.75) is 52.4 Å². The minimum Gasteiger partial charge on any atom is -0.447 e. The van der Waals surface area contributed by atoms with Crippen LogP contribution in [0.25, 0.3) is 11.3 Å². The lowest BCUT2D eigenvalue weighted by Crippen LogP contribution is -2.38. The lowest BCUT2D eigenvalue weighted by molar-refractivity contribution is -0.120. The minimum absolute atomic E-state index is 0.101. The van der Waals surface area contributed by atoms with Gasteiger partial charge in [-0.1, -0.05) is 44.2 Å². The number of amides is 1. The van der Waals surface area contributed by atoms with Crippen LogP contribution in [-0.2, 0) is 4.79 Å². The molecule has 1 aliphatic rings. The quantitative estimate of drug-likeness (QED) is 0.413. The molecule has 1 aromatic heterocycles. The monoisotopic (exact) mass is 484 g/mol. The van der Waals surface area contributed by atoms with Crippen LogP contribution in [0.15, 0.2) is 35.5 Å². The summed E-state index contributed by atoms with van der Waals surface area (Å²) in [6, 6.07) is 6.91. The Hall–Kier alpha value is -3.07. The van der Waals surface area contributed by atoms with E-state index in [1.165, 1.54) is 16.7 Å². The Labute approximate surface area is 201 Å². The van der Waals surface area contributed by atoms with Crippen LogP contribution in [0.1, 0.15) is 50.1 Å². The number of ether oxygens (including phenoxy) is 1. The second-order valence-electron chi connectivity index (χ2n) is 8.68. The van der Waals surface area contributed by atoms with Crippen LogP contribution >= 0.6 is 11.8 Å². The number of nitrogens with zero attached hydrogens (tertiary/aromatic N) is 4. The molecule has 3 aromatic rings. The molecule has 2 aromatic carbocycles. The van der Waals surface area contributed by atoms with E-state index in [4.69, 9.17) is 4.74 Å². The highest BCUT2D eigenvalue weighted by molar-refractivity contribution is 7.99. The molecule has 0 spiro atoms. The molecule has 0 radical (unpaired) electrons. The molecular weight excluding hydrogens is 458 g/mol. The van der Waals surface area contributed by atoms with Gasteiger partial charge in [-0.15, -0.1) is 10.2 Å². The Morgan fingerprint density at radius 1 is 1.18 bits per heavy atom. The molecule has 9 heteroatoms. The lowest BCUT2D eigenvalue weighted by Gasteiger charge is -2.32. The van der Waals surface area contributed by atoms with Gasteiger partial charge >= 0.3 is 0 Å². The van der Waals surface area contributed by atoms with Crippen LogP contribution in [-0.4, -0.2) is 26.8 Å². The Balaban J connectivity index is 1.99. The zero-order valence-corrected chi connectivity index (χ0v) is 20.5. The number of carbonyl (C=O) groups is 1. The van der Waals surface area contributed by atoms with Crippen molar-refractivity contribution in [2.75, 3.05) is 10.7 Å². The summed E-state index contributed by atoms with van der Waals surface area (Å²) >= 11 is 1.43. The predicted molar refractivity (Wildman–Crippen MR) is 128 cm³/mol. The fraction of sp³-hybridized carbons (Fsp3) is 0.360. The second-order valence-corrected chi connectivity index (χ2v) is 9.67. The molecule has 0 unspecified atom stereocenters. The normalized spacial score (nSPS) is 14.9. The molecule has 0 aliphatic carbocycles. The summed E-state index contributed by atoms with van der Waals surface area (Å²) in [6.07, 6.45) is -1.14. The molecule has 0 saturated heterocycles. The standard InChI is InChI=1S/C25H26F2N4O2S/c1-6-20(32)31-22-15(5)9-14(4)10-18(22)21-23(28-25(30-29-21)34-12-13(2)3)33-24(31)17-11-16(26)7-8-19(17)27/h7-11,13,24H,6,12H2,1-5H3/t24-/m0/s1. The molecule has 6 nitrogen and oxygen atoms in total. The molecular formula is C25H26F2N4O2S. The molecule has 1 amide bonds. The lowest BCUT2D eigenvalue weighted by atomic mass is 9.99. The van der Waals surface area contributed by atoms with Gasteiger partial charge in [0, 0.05) is 17.7 Å². The van der Waals surface area contributed by atoms with Gasteiger partial charge in [-0.3, -0.25) is 9.69 Å². The summed E-state index contributed by atoms with van der Waals surface area (Å²) in [4.78, 5) is 19.2. The number of hydrogen-bond donors (Lipinski definition) is 0. The van der Waals surface area contributed by atoms with Crippen molar-refractivity contribution in [3.8, 4) is 17.1 Å². The van der Waals surface area contributed by atoms with Crippen molar-refractivity contribution in [1.82, 2.24) is 15.2 Å². The summed E-state index contributed by atoms with van der Waals surface area (Å²) in [5.74, 6) is -0.331. The Morgan fingerprint density at radius 2 is 1.94 bits per heavy atom. The number of halogens is 2. The number of anilines is 1. The average Bonchev–Trinajstić information content (AvgIpc) is 2.93. The summed E-state index contributed by atoms with van der Waals surface area (Å²) in [6.45, 7) is 9.67. The Bertz CT molecular complexity index is 1250. The van der Waals surface area contributed by atoms with Crippen molar-refractivity contribution >= 4 is 23.4 Å². The number of benzene rings is 2. The van der Waals surface area contributed by atoms with Crippen molar-refractivity contribution in [1.29, 1.82) is 0 Å². The van der Waals surface area contributed by atoms with Crippen LogP contribution in [0.2, 0.25) is 0 Å². The number of thioether (sulfide) groups is 1. The average molecular weight is 485 g/mol. The zero-order valence-electron chi connectivity index (χ0n) is 19.7. The maximum absolute atomic E-state index is 15.0. The van der Waals surface area contributed by atoms with E-state index in [2.05, 4.69) is 29.0 Å². The summed E-state index contributed by atoms with van der Waals surface area (Å²) in [5, 5.41) is 9.08. The van der Waals surface area contributed by atoms with Crippen LogP contribution in [0.3, 0.4) is 0 Å². The molecule has 0 bridgehead atoms. The summed E-state index contributed by atoms with van der Waals surface area (Å²) in [5.41, 5.74) is 3.09. The van der Waals surface area contributed by atoms with Crippen molar-refractivity contribution in [2.24, 2.45) is 5.92 Å². The number of rotatable bonds is 5. The molecule has 0 fully saturated rings. The maximum Gasteiger partial charge on any atom is 0.247 e. The fourth-order valence-corrected chi connectivity index (χ4v) is 4.65. The van der Waals surface area contributed by atoms with Crippen LogP contribution < -0.4 is 9.64 Å². The first-order valence-electron chi connectivity index (χ1n) is 11.1. The molecule has 1 aliphatic heterocycles. The van der Waals surface area contributed by atoms with Crippen molar-refractivity contribution in [3.05, 3.63) is 58.7 Å². The van der Waals surface area contributed by atoms with E-state index in [0.717, 1.165) is 35.1 Å². The first-order chi connectivity index (χ1) is 16.2. The topological polar surface area (TPSA) is 68.2 Å². The van der Waals surface area contributed by atoms with Crippen molar-refractivity contribution in [3.63, 3.8) is 0 Å². The number of hydrogen-bond acceptors (Lipinski definition) is 6. The van der Waals surface area contributed by atoms with Gasteiger partial charge in [-0.25, -0.2) is 8.78 Å². The smallest absolute Gasteiger partial charge is 0.247 e. The van der Waals surface area contributed by atoms with Gasteiger partial charge in [0.1, 0.15) is 11.6 Å². The number of aromatic nitrogens is 3. The number of aryl methyl sites for hydroxylation is 2. The molecule has 0 saturated carbocycles. The third kappa shape index (κ3) is 4.61. The van der Waals surface area contributed by atoms with E-state index in [0.29, 0.717) is 28.0 Å². The summed E-state index contributed by atoms with van der Waals surface area (Å²) in [7, 11) is 0. The highest BCUT2D eigenvalue weighted by Crippen LogP contribution is 2.46. The van der Waals surface area contributed by atoms with Gasteiger partial charge in [-0.2, -0.15) is 4.98 Å². The Morgan fingerprint density at radius 3 is 2.65 bits per heavy atom. The van der Waals surface area contributed by atoms with E-state index in [-0.39, 0.29) is 23.8 Å². The fourth-order valence-electron chi connectivity index (χ4n) is 3.92. The van der Waals surface area contributed by atoms with Gasteiger partial charge in [0.25, 0.3) is 0 Å². The number of fused-ring (bicyclic) bond motifs is 3. The third-order valence-electron chi connectivity index (χ3n) is 5.37. The minimum atomic E-state index is -1.27. The van der Waals surface area contributed by atoms with Gasteiger partial charge < -0.3 is 4.74 Å². The van der Waals surface area contributed by atoms with Crippen molar-refractivity contribution < 1.29 is 18.3 Å². The highest BCUT2D eigenvalue weighted by atomic mass is 32.2. The maximum atomic E-state index is 15.0. The largest absolute Gasteiger partial charge is 0.447 e. The first-order valence-corrected chi connectivity index (χ1v) is 12.1. The van der Waals surface area contributed by atoms with E-state index >= 15 is 0 Å². The molecule has 0 N–H and O–H groups in total.